The van der Waals surface area contributed by atoms with E-state index >= 15 is 0 Å². The molecule has 39 heteroatoms. The van der Waals surface area contributed by atoms with Crippen molar-refractivity contribution in [3.8, 4) is 5.75 Å². The number of carboxylic acids is 1. The largest absolute Gasteiger partial charge is 0.508 e. The number of amides is 13. The molecule has 1 radical (unpaired) electrons. The molecule has 1 aromatic carbocycles. The fourth-order valence-corrected chi connectivity index (χ4v) is 11.7. The second-order valence-electron chi connectivity index (χ2n) is 26.1. The maximum atomic E-state index is 14.6. The number of aliphatic hydroxyl groups is 3. The lowest BCUT2D eigenvalue weighted by atomic mass is 10.0. The van der Waals surface area contributed by atoms with Gasteiger partial charge in [-0.3, -0.25) is 71.9 Å². The summed E-state index contributed by atoms with van der Waals surface area (Å²) in [5.74, 6) is -14.5. The van der Waals surface area contributed by atoms with Gasteiger partial charge in [0.05, 0.1) is 30.4 Å². The summed E-state index contributed by atoms with van der Waals surface area (Å²) in [5.41, 5.74) is 17.9. The van der Waals surface area contributed by atoms with Crippen molar-refractivity contribution in [1.82, 2.24) is 68.7 Å². The number of nitrogens with one attached hydrogen (secondary N) is 12. The highest BCUT2D eigenvalue weighted by Gasteiger charge is 2.42. The van der Waals surface area contributed by atoms with Crippen LogP contribution in [0.4, 0.5) is 0 Å². The Morgan fingerprint density at radius 2 is 0.952 bits per heavy atom. The Labute approximate surface area is 626 Å². The summed E-state index contributed by atoms with van der Waals surface area (Å²) in [6.45, 7) is 10.1. The highest BCUT2D eigenvalue weighted by atomic mass is 32.2. The van der Waals surface area contributed by atoms with Crippen LogP contribution >= 0.6 is 37.0 Å². The van der Waals surface area contributed by atoms with Gasteiger partial charge < -0.3 is 111 Å². The predicted molar refractivity (Wildman–Crippen MR) is 393 cm³/mol. The van der Waals surface area contributed by atoms with Gasteiger partial charge in [-0.1, -0.05) is 26.0 Å². The van der Waals surface area contributed by atoms with Crippen molar-refractivity contribution in [3.05, 3.63) is 29.8 Å². The normalized spacial score (nSPS) is 17.3. The first kappa shape index (κ1) is 93.2. The van der Waals surface area contributed by atoms with Crippen LogP contribution in [0.1, 0.15) is 131 Å². The third-order valence-electron chi connectivity index (χ3n) is 16.7. The fourth-order valence-electron chi connectivity index (χ4n) is 10.7. The van der Waals surface area contributed by atoms with Gasteiger partial charge in [0.2, 0.25) is 83.1 Å². The molecule has 0 aromatic heterocycles. The van der Waals surface area contributed by atoms with Gasteiger partial charge in [0.15, 0.2) is 0 Å². The lowest BCUT2D eigenvalue weighted by Gasteiger charge is -2.31. The smallest absolute Gasteiger partial charge is 0.303 e. The molecule has 1 aliphatic heterocycles. The molecule has 105 heavy (non-hydrogen) atoms. The monoisotopic (exact) mass is 1540 g/mol. The van der Waals surface area contributed by atoms with Gasteiger partial charge in [-0.05, 0) is 154 Å². The number of phenols is 1. The van der Waals surface area contributed by atoms with Gasteiger partial charge in [-0.25, -0.2) is 0 Å². The number of thioether (sulfide) groups is 1. The van der Waals surface area contributed by atoms with Crippen molar-refractivity contribution in [3.63, 3.8) is 0 Å². The number of likely N-dealkylation sites (tertiary alicyclic amines) is 1. The summed E-state index contributed by atoms with van der Waals surface area (Å²) in [4.78, 5) is 205. The molecular formula is C66H109N16O20S3. The summed E-state index contributed by atoms with van der Waals surface area (Å²) in [5, 5.41) is 81.5. The van der Waals surface area contributed by atoms with E-state index in [0.29, 0.717) is 37.8 Å². The molecule has 1 aromatic rings. The van der Waals surface area contributed by atoms with E-state index in [4.69, 9.17) is 17.2 Å². The van der Waals surface area contributed by atoms with Gasteiger partial charge in [0, 0.05) is 30.9 Å². The van der Waals surface area contributed by atoms with E-state index in [0.717, 1.165) is 25.7 Å². The first-order valence-corrected chi connectivity index (χ1v) is 37.4. The van der Waals surface area contributed by atoms with Crippen LogP contribution in [0.25, 0.3) is 0 Å². The number of carboxylic acid groups (broad SMARTS) is 1. The number of carbonyl (C=O) groups is 14. The zero-order valence-corrected chi connectivity index (χ0v) is 63.1. The first-order valence-electron chi connectivity index (χ1n) is 34.7. The third kappa shape index (κ3) is 32.8. The van der Waals surface area contributed by atoms with Crippen molar-refractivity contribution in [2.45, 2.75) is 235 Å². The number of aromatic hydroxyl groups is 1. The van der Waals surface area contributed by atoms with E-state index in [-0.39, 0.29) is 81.2 Å². The molecule has 0 aliphatic carbocycles. The summed E-state index contributed by atoms with van der Waals surface area (Å²) >= 11 is 9.81. The van der Waals surface area contributed by atoms with Crippen LogP contribution in [0.5, 0.6) is 5.75 Å². The van der Waals surface area contributed by atoms with Crippen molar-refractivity contribution in [1.29, 1.82) is 0 Å². The molecule has 0 saturated carbocycles. The van der Waals surface area contributed by atoms with E-state index in [9.17, 15) is 97.5 Å². The second-order valence-corrected chi connectivity index (χ2v) is 27.8. The van der Waals surface area contributed by atoms with E-state index in [1.54, 1.807) is 12.5 Å². The molecule has 13 amide bonds. The van der Waals surface area contributed by atoms with Crippen LogP contribution < -0.4 is 81.0 Å². The van der Waals surface area contributed by atoms with E-state index in [2.05, 4.69) is 89.1 Å². The number of nitrogens with zero attached hydrogens (tertiary/aromatic N) is 1. The zero-order valence-electron chi connectivity index (χ0n) is 60.5. The maximum Gasteiger partial charge on any atom is 0.303 e. The third-order valence-corrected chi connectivity index (χ3v) is 18.1. The Morgan fingerprint density at radius 3 is 1.42 bits per heavy atom. The molecule has 591 valence electrons. The minimum absolute atomic E-state index is 0.00391. The number of rotatable bonds is 49. The van der Waals surface area contributed by atoms with Gasteiger partial charge in [0.25, 0.3) is 0 Å². The number of benzene rings is 1. The topological polar surface area (TPSA) is 583 Å². The second kappa shape index (κ2) is 48.3. The quantitative estimate of drug-likeness (QED) is 0.0213. The van der Waals surface area contributed by atoms with E-state index < -0.39 is 204 Å². The molecule has 1 aliphatic rings. The van der Waals surface area contributed by atoms with Gasteiger partial charge in [-0.15, -0.1) is 0 Å². The number of thiol groups is 2. The molecular weight excluding hydrogens is 1430 g/mol. The molecule has 1 fully saturated rings. The van der Waals surface area contributed by atoms with E-state index in [1.807, 2.05) is 13.8 Å². The number of unbranched alkanes of at least 4 members (excludes halogenated alkanes) is 2. The molecule has 1 saturated heterocycles. The number of hydrogen-bond donors (Lipinski definition) is 22. The van der Waals surface area contributed by atoms with Crippen LogP contribution in [0.2, 0.25) is 0 Å². The standard InChI is InChI=1S/C66H109N16O20S3/c1-33(2)28-41(69)55(91)72-42(14-9-11-24-67)57(93)77-47(31-103)61(97)76-46(29-39-17-19-40(87)20-18-39)59(95)80-52(37(6)85)64(100)78-48(32-104)60(96)73-43(15-10-12-25-68)56(92)75-45(21-22-50(88)89)66(102)82-26-13-16-49(82)62(98)74-44(23-27-105-8)58(94)79-53(38(7)86)65(101)81-51(36(5)84)63(99)71-35(4)54(90)70-34(3)30-83/h17-20,33-38,41-49,51-53,84-87,103-104H,9-16,21-29,31-32,67-69H2,1-8H3,(H,70,90)(H,71,99)(H,72,91)(H,73,96)(H,74,98)(H,75,92)(H,76,97)(H,77,93)(H,78,100)(H,79,94)(H,80,95)(H,81,101)(H,88,89)/t34-,35-,36+,37+,38+,41-,42-,43-,44-,45-,46-,47-,48-,49-,51-,52-,53-/m0/s1. The highest BCUT2D eigenvalue weighted by molar-refractivity contribution is 7.98. The van der Waals surface area contributed by atoms with Crippen LogP contribution in [0.3, 0.4) is 0 Å². The number of hydrogen-bond acceptors (Lipinski definition) is 25. The molecule has 0 unspecified atom stereocenters. The number of aliphatic carboxylic acids is 1. The summed E-state index contributed by atoms with van der Waals surface area (Å²) in [7, 11) is 0. The SMILES string of the molecule is CSCC[C@H](NC(=O)[C@@H]1CCCN1C(=O)[C@H](CCC(=O)O)NC(=O)[C@H](CCCCN)NC(=O)[C@H](CS)NC(=O)[C@@H](NC(=O)[C@H](Cc1ccc(O)cc1)NC(=O)[C@H](CS)NC(=O)[C@H](CCCCN)NC(=O)[C@@H](N)CC(C)C)[C@@H](C)O)C(=O)N[C@H](C(=O)N[C@H](C(=O)N[C@@H](C)C(=O)N[C@@H](C)[C]=O)[C@@H](C)O)[C@@H](C)O. The minimum atomic E-state index is -1.87. The predicted octanol–water partition coefficient (Wildman–Crippen LogP) is -5.86. The summed E-state index contributed by atoms with van der Waals surface area (Å²) in [6, 6.07) is -15.0. The van der Waals surface area contributed by atoms with Crippen LogP contribution in [-0.4, -0.2) is 266 Å². The van der Waals surface area contributed by atoms with Crippen LogP contribution in [0.15, 0.2) is 24.3 Å². The summed E-state index contributed by atoms with van der Waals surface area (Å²) < 4.78 is 0. The highest BCUT2D eigenvalue weighted by Crippen LogP contribution is 2.22. The molecule has 36 nitrogen and oxygen atoms in total. The molecule has 0 bridgehead atoms. The van der Waals surface area contributed by atoms with Crippen LogP contribution in [0, 0.1) is 5.92 Å². The van der Waals surface area contributed by atoms with Gasteiger partial charge in [0.1, 0.15) is 78.3 Å². The van der Waals surface area contributed by atoms with Gasteiger partial charge in [-0.2, -0.15) is 37.0 Å². The number of carbonyl (C=O) groups excluding carboxylic acids is 14. The molecule has 17 atom stereocenters. The Kier molecular flexibility index (Phi) is 42.9. The molecule has 1 heterocycles. The van der Waals surface area contributed by atoms with Crippen LogP contribution in [-0.2, 0) is 78.3 Å². The average molecular weight is 1540 g/mol. The lowest BCUT2D eigenvalue weighted by molar-refractivity contribution is -0.144. The first-order chi connectivity index (χ1) is 49.5. The Hall–Kier alpha value is -7.92. The Morgan fingerprint density at radius 1 is 0.533 bits per heavy atom. The van der Waals surface area contributed by atoms with Crippen molar-refractivity contribution in [2.75, 3.05) is 43.1 Å². The fraction of sp³-hybridized carbons (Fsp3) is 0.682. The number of nitrogens with two attached hydrogens (primary N) is 3. The number of phenolic OH excluding ortho intramolecular Hbond substituents is 1. The van der Waals surface area contributed by atoms with Crippen molar-refractivity contribution in [2.24, 2.45) is 23.1 Å². The van der Waals surface area contributed by atoms with E-state index in [1.165, 1.54) is 49.9 Å². The van der Waals surface area contributed by atoms with Crippen molar-refractivity contribution < 1.29 is 97.5 Å². The Bertz CT molecular complexity index is 3070. The number of aliphatic hydroxyl groups excluding tert-OH is 3. The van der Waals surface area contributed by atoms with Gasteiger partial charge >= 0.3 is 5.97 Å². The molecule has 2 rings (SSSR count). The Balaban J connectivity index is 2.43. The molecule has 23 N–H and O–H groups in total. The average Bonchev–Trinajstić information content (AvgIpc) is 1.74. The van der Waals surface area contributed by atoms with Crippen molar-refractivity contribution >= 4 is 126 Å². The maximum absolute atomic E-state index is 14.6. The summed E-state index contributed by atoms with van der Waals surface area (Å²) in [6.07, 6.45) is -1.42. The molecule has 0 spiro atoms. The zero-order chi connectivity index (χ0) is 79.4. The lowest BCUT2D eigenvalue weighted by Crippen LogP contribution is -2.63. The minimum Gasteiger partial charge on any atom is -0.508 e.